The molecular formula is C22H24BrCl2N3O2. The summed E-state index contributed by atoms with van der Waals surface area (Å²) in [6.07, 6.45) is 2.20. The summed E-state index contributed by atoms with van der Waals surface area (Å²) in [7, 11) is 0. The van der Waals surface area contributed by atoms with Crippen molar-refractivity contribution in [2.45, 2.75) is 31.5 Å². The van der Waals surface area contributed by atoms with E-state index in [0.717, 1.165) is 55.8 Å². The molecular weight excluding hydrogens is 489 g/mol. The lowest BCUT2D eigenvalue weighted by molar-refractivity contribution is 0.0937. The van der Waals surface area contributed by atoms with E-state index in [-0.39, 0.29) is 18.1 Å². The standard InChI is InChI=1S/C22H24BrCl2N3O2/c23-18-9-14(1-4-21(18)30-17-5-7-26-11-17)12-28-8-6-16(13-28)27-22(29)15-2-3-19(24)20(25)10-15/h1-4,9-10,16-17,26H,5-8,11-13H2,(H,27,29)/t16?,17-/m1/s1. The van der Waals surface area contributed by atoms with Gasteiger partial charge in [-0.15, -0.1) is 0 Å². The van der Waals surface area contributed by atoms with Crippen molar-refractivity contribution in [3.63, 3.8) is 0 Å². The average Bonchev–Trinajstić information content (AvgIpc) is 3.38. The molecule has 2 saturated heterocycles. The van der Waals surface area contributed by atoms with E-state index in [2.05, 4.69) is 43.6 Å². The summed E-state index contributed by atoms with van der Waals surface area (Å²) in [6, 6.07) is 11.3. The first-order valence-corrected chi connectivity index (χ1v) is 11.7. The van der Waals surface area contributed by atoms with Crippen molar-refractivity contribution < 1.29 is 9.53 Å². The quantitative estimate of drug-likeness (QED) is 0.598. The zero-order valence-corrected chi connectivity index (χ0v) is 19.6. The fourth-order valence-electron chi connectivity index (χ4n) is 3.90. The Morgan fingerprint density at radius 1 is 1.20 bits per heavy atom. The summed E-state index contributed by atoms with van der Waals surface area (Å²) in [5.41, 5.74) is 1.75. The Hall–Kier alpha value is -1.31. The molecule has 2 heterocycles. The third-order valence-corrected chi connectivity index (χ3v) is 6.86. The maximum Gasteiger partial charge on any atom is 0.251 e. The second kappa shape index (κ2) is 9.88. The van der Waals surface area contributed by atoms with Gasteiger partial charge in [0.15, 0.2) is 0 Å². The molecule has 5 nitrogen and oxygen atoms in total. The van der Waals surface area contributed by atoms with Crippen LogP contribution in [0.15, 0.2) is 40.9 Å². The van der Waals surface area contributed by atoms with E-state index in [0.29, 0.717) is 15.6 Å². The van der Waals surface area contributed by atoms with Crippen molar-refractivity contribution in [3.05, 3.63) is 62.0 Å². The van der Waals surface area contributed by atoms with Gasteiger partial charge in [0.2, 0.25) is 0 Å². The van der Waals surface area contributed by atoms with Crippen molar-refractivity contribution in [3.8, 4) is 5.75 Å². The Kier molecular flexibility index (Phi) is 7.21. The Bertz CT molecular complexity index is 921. The number of benzene rings is 2. The molecule has 1 amide bonds. The molecule has 0 saturated carbocycles. The summed E-state index contributed by atoms with van der Waals surface area (Å²) in [4.78, 5) is 14.8. The molecule has 2 aromatic rings. The van der Waals surface area contributed by atoms with Crippen molar-refractivity contribution >= 4 is 45.0 Å². The molecule has 0 bridgehead atoms. The fourth-order valence-corrected chi connectivity index (χ4v) is 4.72. The Labute approximate surface area is 195 Å². The number of nitrogens with zero attached hydrogens (tertiary/aromatic N) is 1. The SMILES string of the molecule is O=C(NC1CCN(Cc2ccc(O[C@@H]3CCNC3)c(Br)c2)C1)c1ccc(Cl)c(Cl)c1. The lowest BCUT2D eigenvalue weighted by atomic mass is 10.2. The molecule has 30 heavy (non-hydrogen) atoms. The van der Waals surface area contributed by atoms with Gasteiger partial charge in [0.1, 0.15) is 11.9 Å². The molecule has 2 N–H and O–H groups in total. The lowest BCUT2D eigenvalue weighted by Crippen LogP contribution is -2.37. The van der Waals surface area contributed by atoms with Crippen molar-refractivity contribution in [1.82, 2.24) is 15.5 Å². The van der Waals surface area contributed by atoms with Crippen LogP contribution in [-0.2, 0) is 6.54 Å². The number of rotatable bonds is 6. The van der Waals surface area contributed by atoms with Gasteiger partial charge in [0.05, 0.1) is 14.5 Å². The van der Waals surface area contributed by atoms with Gasteiger partial charge in [-0.1, -0.05) is 29.3 Å². The molecule has 0 radical (unpaired) electrons. The molecule has 2 aliphatic heterocycles. The van der Waals surface area contributed by atoms with Crippen LogP contribution in [0.4, 0.5) is 0 Å². The smallest absolute Gasteiger partial charge is 0.251 e. The predicted molar refractivity (Wildman–Crippen MR) is 124 cm³/mol. The number of likely N-dealkylation sites (tertiary alicyclic amines) is 1. The van der Waals surface area contributed by atoms with Gasteiger partial charge < -0.3 is 15.4 Å². The summed E-state index contributed by atoms with van der Waals surface area (Å²) in [5.74, 6) is 0.770. The molecule has 2 aliphatic rings. The molecule has 0 aromatic heterocycles. The van der Waals surface area contributed by atoms with Gasteiger partial charge in [0.25, 0.3) is 5.91 Å². The molecule has 4 rings (SSSR count). The zero-order chi connectivity index (χ0) is 21.1. The maximum absolute atomic E-state index is 12.5. The Morgan fingerprint density at radius 3 is 2.80 bits per heavy atom. The molecule has 2 aromatic carbocycles. The number of ether oxygens (including phenoxy) is 1. The van der Waals surface area contributed by atoms with Crippen LogP contribution in [-0.4, -0.2) is 49.1 Å². The summed E-state index contributed by atoms with van der Waals surface area (Å²) in [6.45, 7) is 4.50. The second-order valence-electron chi connectivity index (χ2n) is 7.82. The van der Waals surface area contributed by atoms with Gasteiger partial charge in [-0.25, -0.2) is 0 Å². The third kappa shape index (κ3) is 5.48. The minimum atomic E-state index is -0.119. The molecule has 1 unspecified atom stereocenters. The van der Waals surface area contributed by atoms with E-state index in [9.17, 15) is 4.79 Å². The normalized spacial score (nSPS) is 21.7. The van der Waals surface area contributed by atoms with Crippen molar-refractivity contribution in [2.75, 3.05) is 26.2 Å². The van der Waals surface area contributed by atoms with Crippen molar-refractivity contribution in [2.24, 2.45) is 0 Å². The number of carbonyl (C=O) groups excluding carboxylic acids is 1. The highest BCUT2D eigenvalue weighted by molar-refractivity contribution is 9.10. The molecule has 0 aliphatic carbocycles. The number of hydrogen-bond acceptors (Lipinski definition) is 4. The largest absolute Gasteiger partial charge is 0.488 e. The maximum atomic E-state index is 12.5. The van der Waals surface area contributed by atoms with E-state index in [1.54, 1.807) is 18.2 Å². The van der Waals surface area contributed by atoms with E-state index < -0.39 is 0 Å². The summed E-state index contributed by atoms with van der Waals surface area (Å²) in [5, 5.41) is 7.25. The van der Waals surface area contributed by atoms with Crippen LogP contribution >= 0.6 is 39.1 Å². The third-order valence-electron chi connectivity index (χ3n) is 5.50. The Balaban J connectivity index is 1.29. The van der Waals surface area contributed by atoms with Gasteiger partial charge >= 0.3 is 0 Å². The molecule has 2 fully saturated rings. The van der Waals surface area contributed by atoms with Crippen LogP contribution < -0.4 is 15.4 Å². The van der Waals surface area contributed by atoms with Gasteiger partial charge in [0, 0.05) is 37.8 Å². The van der Waals surface area contributed by atoms with Crippen LogP contribution in [0.25, 0.3) is 0 Å². The molecule has 8 heteroatoms. The van der Waals surface area contributed by atoms with Crippen LogP contribution in [0.2, 0.25) is 10.0 Å². The predicted octanol–water partition coefficient (Wildman–Crippen LogP) is 4.50. The van der Waals surface area contributed by atoms with E-state index >= 15 is 0 Å². The van der Waals surface area contributed by atoms with Crippen LogP contribution in [0, 0.1) is 0 Å². The minimum Gasteiger partial charge on any atom is -0.488 e. The highest BCUT2D eigenvalue weighted by Gasteiger charge is 2.25. The van der Waals surface area contributed by atoms with Crippen LogP contribution in [0.1, 0.15) is 28.8 Å². The van der Waals surface area contributed by atoms with E-state index in [1.807, 2.05) is 6.07 Å². The molecule has 160 valence electrons. The second-order valence-corrected chi connectivity index (χ2v) is 9.49. The highest BCUT2D eigenvalue weighted by atomic mass is 79.9. The van der Waals surface area contributed by atoms with Gasteiger partial charge in [-0.05, 0) is 71.2 Å². The number of amides is 1. The topological polar surface area (TPSA) is 53.6 Å². The van der Waals surface area contributed by atoms with Crippen molar-refractivity contribution in [1.29, 1.82) is 0 Å². The summed E-state index contributed by atoms with van der Waals surface area (Å²) >= 11 is 15.6. The van der Waals surface area contributed by atoms with Crippen LogP contribution in [0.3, 0.4) is 0 Å². The van der Waals surface area contributed by atoms with Crippen LogP contribution in [0.5, 0.6) is 5.75 Å². The zero-order valence-electron chi connectivity index (χ0n) is 16.5. The summed E-state index contributed by atoms with van der Waals surface area (Å²) < 4.78 is 7.04. The van der Waals surface area contributed by atoms with Gasteiger partial charge in [-0.3, -0.25) is 9.69 Å². The Morgan fingerprint density at radius 2 is 2.07 bits per heavy atom. The lowest BCUT2D eigenvalue weighted by Gasteiger charge is -2.18. The molecule has 0 spiro atoms. The minimum absolute atomic E-state index is 0.118. The van der Waals surface area contributed by atoms with E-state index in [1.165, 1.54) is 5.56 Å². The number of hydrogen-bond donors (Lipinski definition) is 2. The highest BCUT2D eigenvalue weighted by Crippen LogP contribution is 2.29. The first kappa shape index (κ1) is 21.9. The first-order valence-electron chi connectivity index (χ1n) is 10.1. The number of halogens is 3. The fraction of sp³-hybridized carbons (Fsp3) is 0.409. The first-order chi connectivity index (χ1) is 14.5. The number of nitrogens with one attached hydrogen (secondary N) is 2. The number of carbonyl (C=O) groups is 1. The van der Waals surface area contributed by atoms with Gasteiger partial charge in [-0.2, -0.15) is 0 Å². The molecule has 2 atom stereocenters. The average molecular weight is 513 g/mol. The monoisotopic (exact) mass is 511 g/mol. The van der Waals surface area contributed by atoms with E-state index in [4.69, 9.17) is 27.9 Å².